The van der Waals surface area contributed by atoms with Crippen molar-refractivity contribution in [2.45, 2.75) is 31.6 Å². The Morgan fingerprint density at radius 3 is 2.85 bits per heavy atom. The number of ether oxygens (including phenoxy) is 2. The molecule has 2 heterocycles. The molecular weight excluding hydrogens is 360 g/mol. The van der Waals surface area contributed by atoms with E-state index >= 15 is 0 Å². The van der Waals surface area contributed by atoms with Crippen LogP contribution >= 0.6 is 11.3 Å². The summed E-state index contributed by atoms with van der Waals surface area (Å²) in [5.41, 5.74) is 1.77. The molecule has 6 heteroatoms. The zero-order valence-corrected chi connectivity index (χ0v) is 15.6. The van der Waals surface area contributed by atoms with Crippen molar-refractivity contribution in [3.05, 3.63) is 47.5 Å². The van der Waals surface area contributed by atoms with Crippen molar-refractivity contribution in [3.8, 4) is 11.5 Å². The predicted octanol–water partition coefficient (Wildman–Crippen LogP) is 4.94. The number of rotatable bonds is 3. The second kappa shape index (κ2) is 6.85. The van der Waals surface area contributed by atoms with E-state index in [9.17, 15) is 4.79 Å². The Hall–Kier alpha value is -2.60. The Morgan fingerprint density at radius 1 is 1.07 bits per heavy atom. The Kier molecular flexibility index (Phi) is 4.20. The molecule has 0 radical (unpaired) electrons. The second-order valence-corrected chi connectivity index (χ2v) is 8.14. The number of carbonyl (C=O) groups excluding carboxylic acids is 1. The fourth-order valence-corrected chi connectivity index (χ4v) is 5.17. The number of anilines is 1. The average Bonchev–Trinajstić information content (AvgIpc) is 3.34. The smallest absolute Gasteiger partial charge is 0.231 e. The SMILES string of the molecule is O=C(Nc1ccc2c(c1)OCO2)[C@@H]1CCCC[C@@H]1c1nc2ccccc2s1. The molecule has 27 heavy (non-hydrogen) atoms. The van der Waals surface area contributed by atoms with E-state index in [0.29, 0.717) is 5.75 Å². The highest BCUT2D eigenvalue weighted by Crippen LogP contribution is 2.41. The number of thiazole rings is 1. The van der Waals surface area contributed by atoms with Crippen molar-refractivity contribution < 1.29 is 14.3 Å². The first-order chi connectivity index (χ1) is 13.3. The lowest BCUT2D eigenvalue weighted by Crippen LogP contribution is -2.30. The molecule has 0 spiro atoms. The first-order valence-electron chi connectivity index (χ1n) is 9.34. The third kappa shape index (κ3) is 3.14. The number of hydrogen-bond acceptors (Lipinski definition) is 5. The number of para-hydroxylation sites is 1. The summed E-state index contributed by atoms with van der Waals surface area (Å²) < 4.78 is 11.9. The van der Waals surface area contributed by atoms with Gasteiger partial charge in [0.25, 0.3) is 0 Å². The van der Waals surface area contributed by atoms with Gasteiger partial charge in [-0.15, -0.1) is 11.3 Å². The van der Waals surface area contributed by atoms with E-state index < -0.39 is 0 Å². The van der Waals surface area contributed by atoms with Gasteiger partial charge in [-0.25, -0.2) is 4.98 Å². The zero-order chi connectivity index (χ0) is 18.2. The number of benzene rings is 2. The van der Waals surface area contributed by atoms with Crippen molar-refractivity contribution in [1.82, 2.24) is 4.98 Å². The van der Waals surface area contributed by atoms with Crippen molar-refractivity contribution in [3.63, 3.8) is 0 Å². The molecule has 5 rings (SSSR count). The largest absolute Gasteiger partial charge is 0.454 e. The molecule has 138 valence electrons. The summed E-state index contributed by atoms with van der Waals surface area (Å²) >= 11 is 1.72. The van der Waals surface area contributed by atoms with E-state index in [0.717, 1.165) is 47.6 Å². The molecule has 3 aromatic rings. The number of fused-ring (bicyclic) bond motifs is 2. The Bertz CT molecular complexity index is 967. The maximum absolute atomic E-state index is 13.1. The van der Waals surface area contributed by atoms with Gasteiger partial charge in [-0.3, -0.25) is 4.79 Å². The number of aromatic nitrogens is 1. The lowest BCUT2D eigenvalue weighted by atomic mass is 9.79. The van der Waals surface area contributed by atoms with Crippen LogP contribution in [0.15, 0.2) is 42.5 Å². The lowest BCUT2D eigenvalue weighted by Gasteiger charge is -2.29. The van der Waals surface area contributed by atoms with Crippen LogP contribution in [0, 0.1) is 5.92 Å². The van der Waals surface area contributed by atoms with E-state index in [4.69, 9.17) is 14.5 Å². The van der Waals surface area contributed by atoms with Gasteiger partial charge in [0.05, 0.1) is 15.2 Å². The average molecular weight is 380 g/mol. The standard InChI is InChI=1S/C21H20N2O3S/c24-20(22-13-9-10-17-18(11-13)26-12-25-17)14-5-1-2-6-15(14)21-23-16-7-3-4-8-19(16)27-21/h3-4,7-11,14-15H,1-2,5-6,12H2,(H,22,24)/t14-,15+/m1/s1. The lowest BCUT2D eigenvalue weighted by molar-refractivity contribution is -0.121. The molecule has 1 N–H and O–H groups in total. The normalized spacial score (nSPS) is 21.3. The van der Waals surface area contributed by atoms with Gasteiger partial charge in [0.1, 0.15) is 0 Å². The molecule has 2 aromatic carbocycles. The van der Waals surface area contributed by atoms with Crippen LogP contribution in [0.1, 0.15) is 36.6 Å². The summed E-state index contributed by atoms with van der Waals surface area (Å²) in [5, 5.41) is 4.16. The monoisotopic (exact) mass is 380 g/mol. The van der Waals surface area contributed by atoms with Crippen molar-refractivity contribution in [2.75, 3.05) is 12.1 Å². The first kappa shape index (κ1) is 16.6. The van der Waals surface area contributed by atoms with Crippen LogP contribution in [0.25, 0.3) is 10.2 Å². The Balaban J connectivity index is 1.39. The van der Waals surface area contributed by atoms with Crippen LogP contribution in [-0.4, -0.2) is 17.7 Å². The first-order valence-corrected chi connectivity index (χ1v) is 10.2. The molecule has 1 aliphatic heterocycles. The molecule has 1 aliphatic carbocycles. The minimum atomic E-state index is -0.0512. The molecule has 1 aromatic heterocycles. The quantitative estimate of drug-likeness (QED) is 0.699. The number of amides is 1. The van der Waals surface area contributed by atoms with E-state index in [1.165, 1.54) is 4.70 Å². The van der Waals surface area contributed by atoms with E-state index in [1.54, 1.807) is 11.3 Å². The third-order valence-corrected chi connectivity index (χ3v) is 6.54. The molecule has 1 fully saturated rings. The molecular formula is C21H20N2O3S. The summed E-state index contributed by atoms with van der Waals surface area (Å²) in [4.78, 5) is 17.9. The van der Waals surface area contributed by atoms with E-state index in [1.807, 2.05) is 36.4 Å². The summed E-state index contributed by atoms with van der Waals surface area (Å²) in [6.07, 6.45) is 4.14. The molecule has 0 bridgehead atoms. The number of nitrogens with zero attached hydrogens (tertiary/aromatic N) is 1. The van der Waals surface area contributed by atoms with Gasteiger partial charge in [-0.05, 0) is 37.1 Å². The van der Waals surface area contributed by atoms with Crippen molar-refractivity contribution in [2.24, 2.45) is 5.92 Å². The van der Waals surface area contributed by atoms with E-state index in [2.05, 4.69) is 11.4 Å². The minimum Gasteiger partial charge on any atom is -0.454 e. The van der Waals surface area contributed by atoms with Crippen molar-refractivity contribution in [1.29, 1.82) is 0 Å². The minimum absolute atomic E-state index is 0.0512. The van der Waals surface area contributed by atoms with Gasteiger partial charge >= 0.3 is 0 Å². The van der Waals surface area contributed by atoms with Crippen LogP contribution in [0.2, 0.25) is 0 Å². The van der Waals surface area contributed by atoms with Gasteiger partial charge in [0, 0.05) is 23.6 Å². The van der Waals surface area contributed by atoms with Crippen LogP contribution in [-0.2, 0) is 4.79 Å². The van der Waals surface area contributed by atoms with E-state index in [-0.39, 0.29) is 24.5 Å². The highest BCUT2D eigenvalue weighted by molar-refractivity contribution is 7.18. The number of carbonyl (C=O) groups is 1. The topological polar surface area (TPSA) is 60.5 Å². The molecule has 1 saturated carbocycles. The molecule has 1 amide bonds. The van der Waals surface area contributed by atoms with Crippen LogP contribution in [0.4, 0.5) is 5.69 Å². The van der Waals surface area contributed by atoms with Crippen LogP contribution < -0.4 is 14.8 Å². The van der Waals surface area contributed by atoms with Crippen molar-refractivity contribution >= 4 is 33.1 Å². The summed E-state index contributed by atoms with van der Waals surface area (Å²) in [6, 6.07) is 13.7. The highest BCUT2D eigenvalue weighted by atomic mass is 32.1. The molecule has 2 atom stereocenters. The second-order valence-electron chi connectivity index (χ2n) is 7.07. The molecule has 5 nitrogen and oxygen atoms in total. The van der Waals surface area contributed by atoms with Crippen LogP contribution in [0.3, 0.4) is 0 Å². The maximum Gasteiger partial charge on any atom is 0.231 e. The maximum atomic E-state index is 13.1. The molecule has 0 saturated heterocycles. The summed E-state index contributed by atoms with van der Waals surface area (Å²) in [5.74, 6) is 1.60. The summed E-state index contributed by atoms with van der Waals surface area (Å²) in [6.45, 7) is 0.231. The molecule has 2 aliphatic rings. The fraction of sp³-hybridized carbons (Fsp3) is 0.333. The van der Waals surface area contributed by atoms with Gasteiger partial charge in [-0.2, -0.15) is 0 Å². The Morgan fingerprint density at radius 2 is 1.93 bits per heavy atom. The van der Waals surface area contributed by atoms with Crippen LogP contribution in [0.5, 0.6) is 11.5 Å². The van der Waals surface area contributed by atoms with Gasteiger partial charge in [-0.1, -0.05) is 25.0 Å². The van der Waals surface area contributed by atoms with Gasteiger partial charge in [0.15, 0.2) is 11.5 Å². The highest BCUT2D eigenvalue weighted by Gasteiger charge is 2.34. The summed E-state index contributed by atoms with van der Waals surface area (Å²) in [7, 11) is 0. The van der Waals surface area contributed by atoms with Gasteiger partial charge < -0.3 is 14.8 Å². The fourth-order valence-electron chi connectivity index (χ4n) is 4.00. The molecule has 0 unspecified atom stereocenters. The zero-order valence-electron chi connectivity index (χ0n) is 14.8. The number of nitrogens with one attached hydrogen (secondary N) is 1. The van der Waals surface area contributed by atoms with Gasteiger partial charge in [0.2, 0.25) is 12.7 Å². The number of hydrogen-bond donors (Lipinski definition) is 1. The predicted molar refractivity (Wildman–Crippen MR) is 106 cm³/mol. The Labute approximate surface area is 161 Å². The third-order valence-electron chi connectivity index (χ3n) is 5.37.